The fourth-order valence-electron chi connectivity index (χ4n) is 1.56. The van der Waals surface area contributed by atoms with Gasteiger partial charge in [-0.15, -0.1) is 24.8 Å². The lowest BCUT2D eigenvalue weighted by atomic mass is 10.0. The summed E-state index contributed by atoms with van der Waals surface area (Å²) >= 11 is 0. The van der Waals surface area contributed by atoms with Gasteiger partial charge in [-0.05, 0) is 19.1 Å². The van der Waals surface area contributed by atoms with Gasteiger partial charge in [-0.25, -0.2) is 0 Å². The molecule has 0 bridgehead atoms. The maximum absolute atomic E-state index is 11.7. The van der Waals surface area contributed by atoms with Crippen LogP contribution in [0.2, 0.25) is 0 Å². The average Bonchev–Trinajstić information content (AvgIpc) is 2.28. The van der Waals surface area contributed by atoms with Crippen LogP contribution in [0.25, 0.3) is 0 Å². The first-order valence-electron chi connectivity index (χ1n) is 5.81. The van der Waals surface area contributed by atoms with Gasteiger partial charge in [-0.2, -0.15) is 0 Å². The van der Waals surface area contributed by atoms with Crippen LogP contribution in [0, 0.1) is 5.92 Å². The lowest BCUT2D eigenvalue weighted by Crippen LogP contribution is -2.49. The highest BCUT2D eigenvalue weighted by Gasteiger charge is 2.20. The van der Waals surface area contributed by atoms with Gasteiger partial charge >= 0.3 is 0 Å². The number of pyridine rings is 1. The molecule has 1 aliphatic rings. The van der Waals surface area contributed by atoms with Crippen LogP contribution < -0.4 is 15.4 Å². The number of carbonyl (C=O) groups is 1. The summed E-state index contributed by atoms with van der Waals surface area (Å²) < 4.78 is 5.47. The molecule has 2 heterocycles. The molecule has 1 atom stereocenters. The topological polar surface area (TPSA) is 63.2 Å². The van der Waals surface area contributed by atoms with Crippen LogP contribution in [0.15, 0.2) is 24.5 Å². The summed E-state index contributed by atoms with van der Waals surface area (Å²) in [7, 11) is 0. The molecule has 19 heavy (non-hydrogen) atoms. The summed E-state index contributed by atoms with van der Waals surface area (Å²) in [6.07, 6.45) is 2.77. The van der Waals surface area contributed by atoms with E-state index in [2.05, 4.69) is 15.6 Å². The van der Waals surface area contributed by atoms with Crippen molar-refractivity contribution in [2.75, 3.05) is 19.6 Å². The third-order valence-corrected chi connectivity index (χ3v) is 2.75. The Morgan fingerprint density at radius 2 is 2.32 bits per heavy atom. The molecule has 1 amide bonds. The molecule has 1 fully saturated rings. The largest absolute Gasteiger partial charge is 0.479 e. The molecular formula is C12H19Cl2N3O2. The number of aromatic nitrogens is 1. The van der Waals surface area contributed by atoms with Crippen molar-refractivity contribution in [3.05, 3.63) is 24.5 Å². The Hall–Kier alpha value is -1.04. The van der Waals surface area contributed by atoms with Gasteiger partial charge in [0.25, 0.3) is 5.91 Å². The van der Waals surface area contributed by atoms with Gasteiger partial charge in [0, 0.05) is 31.7 Å². The number of hydrogen-bond acceptors (Lipinski definition) is 4. The van der Waals surface area contributed by atoms with Crippen LogP contribution in [0.1, 0.15) is 6.92 Å². The molecule has 1 aromatic rings. The number of hydrogen-bond donors (Lipinski definition) is 2. The monoisotopic (exact) mass is 307 g/mol. The van der Waals surface area contributed by atoms with E-state index in [0.717, 1.165) is 13.1 Å². The van der Waals surface area contributed by atoms with E-state index in [4.69, 9.17) is 4.74 Å². The standard InChI is InChI=1S/C12H17N3O2.2ClH/c1-9(17-11-3-2-4-13-8-11)12(16)15-7-10-5-14-6-10;;/h2-4,8-10,14H,5-7H2,1H3,(H,15,16);2*1H. The Bertz CT molecular complexity index is 374. The fraction of sp³-hybridized carbons (Fsp3) is 0.500. The first-order chi connectivity index (χ1) is 8.25. The minimum absolute atomic E-state index is 0. The maximum Gasteiger partial charge on any atom is 0.260 e. The van der Waals surface area contributed by atoms with Crippen molar-refractivity contribution in [3.63, 3.8) is 0 Å². The minimum atomic E-state index is -0.493. The summed E-state index contributed by atoms with van der Waals surface area (Å²) in [6.45, 7) is 4.42. The Morgan fingerprint density at radius 3 is 2.84 bits per heavy atom. The lowest BCUT2D eigenvalue weighted by molar-refractivity contribution is -0.127. The molecule has 108 valence electrons. The molecule has 7 heteroatoms. The number of ether oxygens (including phenoxy) is 1. The average molecular weight is 308 g/mol. The van der Waals surface area contributed by atoms with E-state index in [1.165, 1.54) is 0 Å². The second-order valence-corrected chi connectivity index (χ2v) is 4.22. The number of nitrogens with zero attached hydrogens (tertiary/aromatic N) is 1. The summed E-state index contributed by atoms with van der Waals surface area (Å²) in [4.78, 5) is 15.6. The van der Waals surface area contributed by atoms with Crippen LogP contribution >= 0.6 is 24.8 Å². The van der Waals surface area contributed by atoms with Crippen molar-refractivity contribution < 1.29 is 9.53 Å². The molecule has 0 saturated carbocycles. The number of nitrogens with one attached hydrogen (secondary N) is 2. The first-order valence-corrected chi connectivity index (χ1v) is 5.81. The quantitative estimate of drug-likeness (QED) is 0.853. The van der Waals surface area contributed by atoms with Crippen molar-refractivity contribution in [3.8, 4) is 5.75 Å². The number of amides is 1. The summed E-state index contributed by atoms with van der Waals surface area (Å²) in [5.74, 6) is 1.09. The van der Waals surface area contributed by atoms with Gasteiger partial charge in [0.05, 0.1) is 6.20 Å². The molecule has 5 nitrogen and oxygen atoms in total. The molecule has 1 aliphatic heterocycles. The molecular weight excluding hydrogens is 289 g/mol. The van der Waals surface area contributed by atoms with Gasteiger partial charge in [0.15, 0.2) is 6.10 Å². The zero-order valence-corrected chi connectivity index (χ0v) is 12.3. The van der Waals surface area contributed by atoms with E-state index >= 15 is 0 Å². The van der Waals surface area contributed by atoms with E-state index in [9.17, 15) is 4.79 Å². The number of halogens is 2. The molecule has 0 aromatic carbocycles. The predicted octanol–water partition coefficient (Wildman–Crippen LogP) is 1.03. The summed E-state index contributed by atoms with van der Waals surface area (Å²) in [5, 5.41) is 6.04. The SMILES string of the molecule is CC(Oc1cccnc1)C(=O)NCC1CNC1.Cl.Cl. The smallest absolute Gasteiger partial charge is 0.260 e. The highest BCUT2D eigenvalue weighted by atomic mass is 35.5. The van der Waals surface area contributed by atoms with E-state index < -0.39 is 6.10 Å². The minimum Gasteiger partial charge on any atom is -0.479 e. The Kier molecular flexibility index (Phi) is 8.47. The molecule has 2 rings (SSSR count). The highest BCUT2D eigenvalue weighted by Crippen LogP contribution is 2.09. The third-order valence-electron chi connectivity index (χ3n) is 2.75. The summed E-state index contributed by atoms with van der Waals surface area (Å²) in [5.41, 5.74) is 0. The van der Waals surface area contributed by atoms with Crippen molar-refractivity contribution in [1.29, 1.82) is 0 Å². The first kappa shape index (κ1) is 18.0. The van der Waals surface area contributed by atoms with Gasteiger partial charge < -0.3 is 15.4 Å². The van der Waals surface area contributed by atoms with Crippen molar-refractivity contribution in [2.24, 2.45) is 5.92 Å². The molecule has 1 aromatic heterocycles. The third kappa shape index (κ3) is 5.63. The fourth-order valence-corrected chi connectivity index (χ4v) is 1.56. The zero-order chi connectivity index (χ0) is 12.1. The van der Waals surface area contributed by atoms with E-state index in [0.29, 0.717) is 18.2 Å². The number of rotatable bonds is 5. The number of carbonyl (C=O) groups excluding carboxylic acids is 1. The van der Waals surface area contributed by atoms with Crippen LogP contribution in [0.5, 0.6) is 5.75 Å². The highest BCUT2D eigenvalue weighted by molar-refractivity contribution is 5.85. The normalized spacial score (nSPS) is 15.2. The molecule has 0 spiro atoms. The van der Waals surface area contributed by atoms with Crippen molar-refractivity contribution in [1.82, 2.24) is 15.6 Å². The molecule has 2 N–H and O–H groups in total. The van der Waals surface area contributed by atoms with Crippen LogP contribution in [-0.4, -0.2) is 36.6 Å². The van der Waals surface area contributed by atoms with E-state index in [1.807, 2.05) is 0 Å². The molecule has 1 unspecified atom stereocenters. The second-order valence-electron chi connectivity index (χ2n) is 4.22. The van der Waals surface area contributed by atoms with Gasteiger partial charge in [-0.1, -0.05) is 0 Å². The van der Waals surface area contributed by atoms with Crippen molar-refractivity contribution in [2.45, 2.75) is 13.0 Å². The van der Waals surface area contributed by atoms with Crippen LogP contribution in [0.3, 0.4) is 0 Å². The maximum atomic E-state index is 11.7. The Labute approximate surface area is 125 Å². The Morgan fingerprint density at radius 1 is 1.58 bits per heavy atom. The van der Waals surface area contributed by atoms with Gasteiger partial charge in [0.1, 0.15) is 5.75 Å². The van der Waals surface area contributed by atoms with E-state index in [-0.39, 0.29) is 30.7 Å². The van der Waals surface area contributed by atoms with Crippen LogP contribution in [-0.2, 0) is 4.79 Å². The molecule has 0 radical (unpaired) electrons. The second kappa shape index (κ2) is 8.96. The Balaban J connectivity index is 0.00000162. The molecule has 1 saturated heterocycles. The summed E-state index contributed by atoms with van der Waals surface area (Å²) in [6, 6.07) is 3.56. The predicted molar refractivity (Wildman–Crippen MR) is 78.2 cm³/mol. The molecule has 0 aliphatic carbocycles. The van der Waals surface area contributed by atoms with Crippen molar-refractivity contribution >= 4 is 30.7 Å². The van der Waals surface area contributed by atoms with Gasteiger partial charge in [-0.3, -0.25) is 9.78 Å². The van der Waals surface area contributed by atoms with Gasteiger partial charge in [0.2, 0.25) is 0 Å². The lowest BCUT2D eigenvalue weighted by Gasteiger charge is -2.27. The van der Waals surface area contributed by atoms with Crippen LogP contribution in [0.4, 0.5) is 0 Å². The van der Waals surface area contributed by atoms with E-state index in [1.54, 1.807) is 31.5 Å². The zero-order valence-electron chi connectivity index (χ0n) is 10.7.